The van der Waals surface area contributed by atoms with Gasteiger partial charge in [0, 0.05) is 42.3 Å². The van der Waals surface area contributed by atoms with Crippen LogP contribution >= 0.6 is 15.9 Å². The Kier molecular flexibility index (Phi) is 3.98. The standard InChI is InChI=1S/C15H20BrN3O/c16-12-3-1-10(8-17)14(7-12)19-6-5-13-11(9-19)2-4-15(20)18-13/h1,3,7,11,13H,2,4-6,8-9,17H2,(H,18,20). The number of anilines is 1. The molecule has 0 radical (unpaired) electrons. The topological polar surface area (TPSA) is 58.4 Å². The number of nitrogens with zero attached hydrogens (tertiary/aromatic N) is 1. The molecule has 0 aliphatic carbocycles. The first-order chi connectivity index (χ1) is 9.67. The van der Waals surface area contributed by atoms with E-state index in [4.69, 9.17) is 5.73 Å². The second-order valence-corrected chi connectivity index (χ2v) is 6.60. The number of nitrogens with one attached hydrogen (secondary N) is 1. The lowest BCUT2D eigenvalue weighted by Gasteiger charge is -2.43. The lowest BCUT2D eigenvalue weighted by Crippen LogP contribution is -2.54. The molecule has 2 saturated heterocycles. The zero-order valence-electron chi connectivity index (χ0n) is 11.4. The van der Waals surface area contributed by atoms with Crippen molar-refractivity contribution in [2.24, 2.45) is 11.7 Å². The summed E-state index contributed by atoms with van der Waals surface area (Å²) in [5, 5.41) is 3.13. The minimum absolute atomic E-state index is 0.213. The number of carbonyl (C=O) groups excluding carboxylic acids is 1. The molecule has 2 fully saturated rings. The minimum Gasteiger partial charge on any atom is -0.371 e. The summed E-state index contributed by atoms with van der Waals surface area (Å²) in [5.41, 5.74) is 8.28. The molecule has 4 nitrogen and oxygen atoms in total. The lowest BCUT2D eigenvalue weighted by molar-refractivity contribution is -0.124. The highest BCUT2D eigenvalue weighted by molar-refractivity contribution is 9.10. The maximum Gasteiger partial charge on any atom is 0.220 e. The van der Waals surface area contributed by atoms with Gasteiger partial charge in [0.25, 0.3) is 0 Å². The van der Waals surface area contributed by atoms with Gasteiger partial charge in [-0.3, -0.25) is 4.79 Å². The maximum absolute atomic E-state index is 11.5. The summed E-state index contributed by atoms with van der Waals surface area (Å²) in [6.07, 6.45) is 2.68. The molecule has 108 valence electrons. The van der Waals surface area contributed by atoms with Crippen LogP contribution in [0.15, 0.2) is 22.7 Å². The molecule has 2 unspecified atom stereocenters. The Bertz CT molecular complexity index is 520. The highest BCUT2D eigenvalue weighted by Crippen LogP contribution is 2.32. The molecule has 0 saturated carbocycles. The first kappa shape index (κ1) is 13.9. The van der Waals surface area contributed by atoms with E-state index < -0.39 is 0 Å². The number of hydrogen-bond donors (Lipinski definition) is 2. The van der Waals surface area contributed by atoms with Gasteiger partial charge in [-0.1, -0.05) is 22.0 Å². The van der Waals surface area contributed by atoms with Crippen LogP contribution < -0.4 is 16.0 Å². The van der Waals surface area contributed by atoms with Gasteiger partial charge in [-0.25, -0.2) is 0 Å². The fourth-order valence-electron chi connectivity index (χ4n) is 3.33. The number of hydrogen-bond acceptors (Lipinski definition) is 3. The van der Waals surface area contributed by atoms with Crippen LogP contribution in [0.1, 0.15) is 24.8 Å². The van der Waals surface area contributed by atoms with E-state index in [0.29, 0.717) is 24.9 Å². The largest absolute Gasteiger partial charge is 0.371 e. The van der Waals surface area contributed by atoms with Crippen LogP contribution in [-0.4, -0.2) is 25.0 Å². The Balaban J connectivity index is 1.79. The minimum atomic E-state index is 0.213. The van der Waals surface area contributed by atoms with Crippen LogP contribution in [0.2, 0.25) is 0 Å². The first-order valence-corrected chi connectivity index (χ1v) is 7.99. The molecule has 5 heteroatoms. The van der Waals surface area contributed by atoms with Gasteiger partial charge >= 0.3 is 0 Å². The zero-order valence-corrected chi connectivity index (χ0v) is 13.0. The Morgan fingerprint density at radius 1 is 1.40 bits per heavy atom. The molecule has 20 heavy (non-hydrogen) atoms. The average Bonchev–Trinajstić information content (AvgIpc) is 2.46. The quantitative estimate of drug-likeness (QED) is 0.867. The van der Waals surface area contributed by atoms with Crippen molar-refractivity contribution in [1.29, 1.82) is 0 Å². The molecule has 3 rings (SSSR count). The van der Waals surface area contributed by atoms with E-state index in [0.717, 1.165) is 30.4 Å². The molecular weight excluding hydrogens is 318 g/mol. The van der Waals surface area contributed by atoms with Crippen LogP contribution in [0.3, 0.4) is 0 Å². The third kappa shape index (κ3) is 2.69. The molecule has 1 aromatic rings. The molecule has 1 aromatic carbocycles. The summed E-state index contributed by atoms with van der Waals surface area (Å²) in [5.74, 6) is 0.774. The van der Waals surface area contributed by atoms with Gasteiger partial charge in [0.2, 0.25) is 5.91 Å². The van der Waals surface area contributed by atoms with E-state index in [2.05, 4.69) is 38.3 Å². The SMILES string of the molecule is NCc1ccc(Br)cc1N1CCC2NC(=O)CCC2C1. The van der Waals surface area contributed by atoms with Crippen molar-refractivity contribution in [3.05, 3.63) is 28.2 Å². The maximum atomic E-state index is 11.5. The summed E-state index contributed by atoms with van der Waals surface area (Å²) in [7, 11) is 0. The number of rotatable bonds is 2. The van der Waals surface area contributed by atoms with E-state index in [-0.39, 0.29) is 5.91 Å². The Morgan fingerprint density at radius 2 is 2.25 bits per heavy atom. The molecule has 0 bridgehead atoms. The highest BCUT2D eigenvalue weighted by atomic mass is 79.9. The van der Waals surface area contributed by atoms with Crippen LogP contribution in [-0.2, 0) is 11.3 Å². The molecule has 0 spiro atoms. The summed E-state index contributed by atoms with van der Waals surface area (Å²) in [4.78, 5) is 13.9. The van der Waals surface area contributed by atoms with Crippen molar-refractivity contribution in [3.8, 4) is 0 Å². The number of halogens is 1. The smallest absolute Gasteiger partial charge is 0.220 e. The van der Waals surface area contributed by atoms with E-state index >= 15 is 0 Å². The third-order valence-corrected chi connectivity index (χ3v) is 4.92. The van der Waals surface area contributed by atoms with Gasteiger partial charge in [-0.05, 0) is 36.5 Å². The molecule has 2 heterocycles. The van der Waals surface area contributed by atoms with Crippen molar-refractivity contribution in [3.63, 3.8) is 0 Å². The Morgan fingerprint density at radius 3 is 3.05 bits per heavy atom. The van der Waals surface area contributed by atoms with Crippen LogP contribution in [0.5, 0.6) is 0 Å². The van der Waals surface area contributed by atoms with Gasteiger partial charge in [0.1, 0.15) is 0 Å². The van der Waals surface area contributed by atoms with Crippen LogP contribution in [0, 0.1) is 5.92 Å². The van der Waals surface area contributed by atoms with E-state index in [9.17, 15) is 4.79 Å². The molecule has 3 N–H and O–H groups in total. The van der Waals surface area contributed by atoms with Gasteiger partial charge in [0.05, 0.1) is 0 Å². The van der Waals surface area contributed by atoms with Crippen LogP contribution in [0.4, 0.5) is 5.69 Å². The van der Waals surface area contributed by atoms with Crippen molar-refractivity contribution < 1.29 is 4.79 Å². The fourth-order valence-corrected chi connectivity index (χ4v) is 3.68. The Hall–Kier alpha value is -1.07. The van der Waals surface area contributed by atoms with E-state index in [1.807, 2.05) is 6.07 Å². The summed E-state index contributed by atoms with van der Waals surface area (Å²) in [6, 6.07) is 6.65. The zero-order chi connectivity index (χ0) is 14.1. The van der Waals surface area contributed by atoms with Crippen molar-refractivity contribution >= 4 is 27.5 Å². The summed E-state index contributed by atoms with van der Waals surface area (Å²) >= 11 is 3.54. The van der Waals surface area contributed by atoms with Crippen molar-refractivity contribution in [1.82, 2.24) is 5.32 Å². The second kappa shape index (κ2) is 5.74. The van der Waals surface area contributed by atoms with Crippen molar-refractivity contribution in [2.45, 2.75) is 31.8 Å². The Labute approximate surface area is 127 Å². The monoisotopic (exact) mass is 337 g/mol. The van der Waals surface area contributed by atoms with Crippen molar-refractivity contribution in [2.75, 3.05) is 18.0 Å². The van der Waals surface area contributed by atoms with Gasteiger partial charge in [-0.2, -0.15) is 0 Å². The van der Waals surface area contributed by atoms with Crippen LogP contribution in [0.25, 0.3) is 0 Å². The number of piperidine rings is 2. The lowest BCUT2D eigenvalue weighted by atomic mass is 9.85. The number of amides is 1. The average molecular weight is 338 g/mol. The first-order valence-electron chi connectivity index (χ1n) is 7.20. The highest BCUT2D eigenvalue weighted by Gasteiger charge is 2.34. The molecule has 2 aliphatic rings. The predicted octanol–water partition coefficient (Wildman–Crippen LogP) is 2.01. The normalized spacial score (nSPS) is 26.1. The number of fused-ring (bicyclic) bond motifs is 1. The third-order valence-electron chi connectivity index (χ3n) is 4.43. The summed E-state index contributed by atoms with van der Waals surface area (Å²) in [6.45, 7) is 2.54. The van der Waals surface area contributed by atoms with E-state index in [1.165, 1.54) is 11.3 Å². The molecule has 1 amide bonds. The number of nitrogens with two attached hydrogens (primary N) is 1. The molecular formula is C15H20BrN3O. The molecule has 2 aliphatic heterocycles. The van der Waals surface area contributed by atoms with Gasteiger partial charge < -0.3 is 16.0 Å². The van der Waals surface area contributed by atoms with Gasteiger partial charge in [-0.15, -0.1) is 0 Å². The van der Waals surface area contributed by atoms with E-state index in [1.54, 1.807) is 0 Å². The van der Waals surface area contributed by atoms with Gasteiger partial charge in [0.15, 0.2) is 0 Å². The molecule has 2 atom stereocenters. The number of carbonyl (C=O) groups is 1. The summed E-state index contributed by atoms with van der Waals surface area (Å²) < 4.78 is 1.09. The molecule has 0 aromatic heterocycles. The fraction of sp³-hybridized carbons (Fsp3) is 0.533. The predicted molar refractivity (Wildman–Crippen MR) is 83.5 cm³/mol. The second-order valence-electron chi connectivity index (χ2n) is 5.68. The number of benzene rings is 1.